The summed E-state index contributed by atoms with van der Waals surface area (Å²) in [6, 6.07) is 0. The van der Waals surface area contributed by atoms with E-state index in [9.17, 15) is 0 Å². The average molecular weight is 203 g/mol. The Labute approximate surface area is 90.3 Å². The molecule has 1 aliphatic heterocycles. The third-order valence-corrected chi connectivity index (χ3v) is 2.08. The quantitative estimate of drug-likeness (QED) is 0.721. The lowest BCUT2D eigenvalue weighted by atomic mass is 9.92. The lowest BCUT2D eigenvalue weighted by Gasteiger charge is -2.44. The van der Waals surface area contributed by atoms with Crippen molar-refractivity contribution in [2.75, 3.05) is 40.8 Å². The molecule has 1 saturated heterocycles. The zero-order chi connectivity index (χ0) is 11.6. The minimum Gasteiger partial charge on any atom is -0.313 e. The summed E-state index contributed by atoms with van der Waals surface area (Å²) in [5.41, 5.74) is 0.351. The van der Waals surface area contributed by atoms with Gasteiger partial charge in [-0.2, -0.15) is 0 Å². The minimum atomic E-state index is 0.351. The average Bonchev–Trinajstić information content (AvgIpc) is 2.18. The number of hydrogen-bond acceptors (Lipinski definition) is 3. The maximum absolute atomic E-state index is 3.34. The highest BCUT2D eigenvalue weighted by atomic mass is 15.2. The summed E-state index contributed by atoms with van der Waals surface area (Å²) in [7, 11) is 6.25. The van der Waals surface area contributed by atoms with Crippen molar-refractivity contribution in [3.8, 4) is 0 Å². The molecule has 1 fully saturated rings. The predicted octanol–water partition coefficient (Wildman–Crippen LogP) is 1.16. The van der Waals surface area contributed by atoms with Crippen molar-refractivity contribution in [2.45, 2.75) is 33.2 Å². The Morgan fingerprint density at radius 1 is 1.14 bits per heavy atom. The predicted molar refractivity (Wildman–Crippen MR) is 65.9 cm³/mol. The largest absolute Gasteiger partial charge is 0.313 e. The van der Waals surface area contributed by atoms with Gasteiger partial charge < -0.3 is 15.5 Å². The fourth-order valence-electron chi connectivity index (χ4n) is 1.40. The molecule has 0 spiro atoms. The molecule has 3 nitrogen and oxygen atoms in total. The van der Waals surface area contributed by atoms with E-state index >= 15 is 0 Å². The van der Waals surface area contributed by atoms with Gasteiger partial charge in [0.25, 0.3) is 0 Å². The fourth-order valence-corrected chi connectivity index (χ4v) is 1.40. The number of nitrogens with zero attached hydrogens (tertiary/aromatic N) is 1. The first-order chi connectivity index (χ1) is 6.68. The summed E-state index contributed by atoms with van der Waals surface area (Å²) < 4.78 is 0. The first-order valence-electron chi connectivity index (χ1n) is 5.73. The molecule has 88 valence electrons. The molecule has 1 aliphatic rings. The Balaban J connectivity index is 0. The van der Waals surface area contributed by atoms with Crippen molar-refractivity contribution in [3.63, 3.8) is 0 Å². The van der Waals surface area contributed by atoms with Crippen LogP contribution in [0.5, 0.6) is 0 Å². The molecule has 0 amide bonds. The fraction of sp³-hybridized carbons (Fsp3) is 1.00. The van der Waals surface area contributed by atoms with E-state index in [1.54, 1.807) is 0 Å². The van der Waals surface area contributed by atoms with E-state index in [-0.39, 0.29) is 0 Å². The first kappa shape index (κ1) is 16.3. The van der Waals surface area contributed by atoms with Gasteiger partial charge in [0.2, 0.25) is 0 Å². The lowest BCUT2D eigenvalue weighted by molar-refractivity contribution is 0.171. The van der Waals surface area contributed by atoms with E-state index in [1.165, 1.54) is 0 Å². The molecular formula is C11H29N3. The Morgan fingerprint density at radius 2 is 1.57 bits per heavy atom. The van der Waals surface area contributed by atoms with Gasteiger partial charge in [0.1, 0.15) is 0 Å². The number of hydrogen-bond donors (Lipinski definition) is 2. The molecule has 0 saturated carbocycles. The summed E-state index contributed by atoms with van der Waals surface area (Å²) in [4.78, 5) is 2.22. The molecular weight excluding hydrogens is 174 g/mol. The molecule has 1 heterocycles. The summed E-state index contributed by atoms with van der Waals surface area (Å²) in [6.07, 6.45) is 0. The van der Waals surface area contributed by atoms with Crippen LogP contribution in [0.1, 0.15) is 27.7 Å². The van der Waals surface area contributed by atoms with E-state index in [1.807, 2.05) is 34.7 Å². The van der Waals surface area contributed by atoms with Gasteiger partial charge in [-0.05, 0) is 21.1 Å². The molecule has 0 aromatic heterocycles. The molecule has 14 heavy (non-hydrogen) atoms. The van der Waals surface area contributed by atoms with Crippen molar-refractivity contribution < 1.29 is 0 Å². The van der Waals surface area contributed by atoms with Gasteiger partial charge >= 0.3 is 0 Å². The summed E-state index contributed by atoms with van der Waals surface area (Å²) in [6.45, 7) is 11.3. The summed E-state index contributed by atoms with van der Waals surface area (Å²) in [5.74, 6) is 0. The second kappa shape index (κ2) is 9.44. The van der Waals surface area contributed by atoms with Crippen LogP contribution >= 0.6 is 0 Å². The van der Waals surface area contributed by atoms with Crippen LogP contribution in [0, 0.1) is 0 Å². The Morgan fingerprint density at radius 3 is 1.64 bits per heavy atom. The van der Waals surface area contributed by atoms with Crippen LogP contribution in [-0.2, 0) is 0 Å². The van der Waals surface area contributed by atoms with E-state index in [0.717, 1.165) is 19.6 Å². The van der Waals surface area contributed by atoms with Crippen molar-refractivity contribution >= 4 is 0 Å². The van der Waals surface area contributed by atoms with Crippen molar-refractivity contribution in [3.05, 3.63) is 0 Å². The number of likely N-dealkylation sites (N-methyl/N-ethyl adjacent to an activating group) is 2. The van der Waals surface area contributed by atoms with Crippen molar-refractivity contribution in [1.29, 1.82) is 0 Å². The molecule has 0 unspecified atom stereocenters. The minimum absolute atomic E-state index is 0.351. The molecule has 0 radical (unpaired) electrons. The number of nitrogens with one attached hydrogen (secondary N) is 2. The van der Waals surface area contributed by atoms with Gasteiger partial charge in [0, 0.05) is 19.6 Å². The monoisotopic (exact) mass is 203 g/mol. The summed E-state index contributed by atoms with van der Waals surface area (Å²) >= 11 is 0. The molecule has 2 N–H and O–H groups in total. The third kappa shape index (κ3) is 5.58. The number of rotatable bonds is 3. The van der Waals surface area contributed by atoms with Crippen LogP contribution in [0.3, 0.4) is 0 Å². The van der Waals surface area contributed by atoms with E-state index in [0.29, 0.717) is 5.54 Å². The summed E-state index contributed by atoms with van der Waals surface area (Å²) in [5, 5.41) is 6.61. The Hall–Kier alpha value is -0.120. The van der Waals surface area contributed by atoms with Gasteiger partial charge in [0.05, 0.1) is 5.54 Å². The second-order valence-corrected chi connectivity index (χ2v) is 3.37. The molecule has 0 aromatic carbocycles. The van der Waals surface area contributed by atoms with Gasteiger partial charge in [-0.25, -0.2) is 0 Å². The van der Waals surface area contributed by atoms with Gasteiger partial charge in [-0.15, -0.1) is 0 Å². The highest BCUT2D eigenvalue weighted by Gasteiger charge is 2.35. The van der Waals surface area contributed by atoms with E-state index in [2.05, 4.69) is 29.6 Å². The zero-order valence-electron chi connectivity index (χ0n) is 11.1. The molecule has 0 aromatic rings. The van der Waals surface area contributed by atoms with Gasteiger partial charge in [0.15, 0.2) is 0 Å². The van der Waals surface area contributed by atoms with Gasteiger partial charge in [-0.1, -0.05) is 27.7 Å². The molecule has 3 heteroatoms. The van der Waals surface area contributed by atoms with E-state index < -0.39 is 0 Å². The van der Waals surface area contributed by atoms with Crippen LogP contribution < -0.4 is 10.6 Å². The topological polar surface area (TPSA) is 27.3 Å². The van der Waals surface area contributed by atoms with Crippen LogP contribution in [0.4, 0.5) is 0 Å². The first-order valence-corrected chi connectivity index (χ1v) is 5.73. The van der Waals surface area contributed by atoms with E-state index in [4.69, 9.17) is 0 Å². The van der Waals surface area contributed by atoms with Crippen LogP contribution in [0.15, 0.2) is 0 Å². The second-order valence-electron chi connectivity index (χ2n) is 3.37. The highest BCUT2D eigenvalue weighted by molar-refractivity contribution is 5.01. The normalized spacial score (nSPS) is 17.1. The van der Waals surface area contributed by atoms with Crippen LogP contribution in [-0.4, -0.2) is 51.2 Å². The molecule has 0 aliphatic carbocycles. The Bertz CT molecular complexity index is 104. The van der Waals surface area contributed by atoms with Crippen molar-refractivity contribution in [1.82, 2.24) is 15.5 Å². The molecule has 0 atom stereocenters. The molecule has 0 bridgehead atoms. The van der Waals surface area contributed by atoms with Crippen LogP contribution in [0.25, 0.3) is 0 Å². The maximum Gasteiger partial charge on any atom is 0.0558 e. The standard InChI is InChI=1S/C7H17N3.2C2H6/c1-8-7(4-9-5-7)6-10(2)3;2*1-2/h8-9H,4-6H2,1-3H3;2*1-2H3. The van der Waals surface area contributed by atoms with Gasteiger partial charge in [-0.3, -0.25) is 0 Å². The smallest absolute Gasteiger partial charge is 0.0558 e. The zero-order valence-corrected chi connectivity index (χ0v) is 11.1. The van der Waals surface area contributed by atoms with Crippen molar-refractivity contribution in [2.24, 2.45) is 0 Å². The lowest BCUT2D eigenvalue weighted by Crippen LogP contribution is -2.70. The maximum atomic E-state index is 3.34. The highest BCUT2D eigenvalue weighted by Crippen LogP contribution is 2.10. The third-order valence-electron chi connectivity index (χ3n) is 2.08. The SMILES string of the molecule is CC.CC.CNC1(CN(C)C)CNC1. The van der Waals surface area contributed by atoms with Crippen LogP contribution in [0.2, 0.25) is 0 Å². The molecule has 1 rings (SSSR count). The Kier molecular flexibility index (Phi) is 11.0.